The number of carbonyl (C=O) groups is 3. The molecule has 0 heterocycles. The van der Waals surface area contributed by atoms with Crippen molar-refractivity contribution in [2.45, 2.75) is 284 Å². The minimum atomic E-state index is -0.814. The van der Waals surface area contributed by atoms with Crippen LogP contribution in [0.4, 0.5) is 0 Å². The van der Waals surface area contributed by atoms with Crippen molar-refractivity contribution in [3.05, 3.63) is 146 Å². The molecule has 79 heavy (non-hydrogen) atoms. The molecule has 0 bridgehead atoms. The molecule has 446 valence electrons. The molecule has 0 aromatic carbocycles. The molecule has 0 spiro atoms. The van der Waals surface area contributed by atoms with Gasteiger partial charge in [-0.25, -0.2) is 0 Å². The molecule has 0 rings (SSSR count). The van der Waals surface area contributed by atoms with E-state index in [1.165, 1.54) is 109 Å². The van der Waals surface area contributed by atoms with E-state index in [0.29, 0.717) is 19.3 Å². The predicted molar refractivity (Wildman–Crippen MR) is 343 cm³/mol. The highest BCUT2D eigenvalue weighted by atomic mass is 16.6. The van der Waals surface area contributed by atoms with Gasteiger partial charge in [-0.2, -0.15) is 0 Å². The molecule has 0 saturated heterocycles. The van der Waals surface area contributed by atoms with E-state index in [1.807, 2.05) is 6.08 Å². The fourth-order valence-corrected chi connectivity index (χ4v) is 8.59. The van der Waals surface area contributed by atoms with Gasteiger partial charge in [-0.3, -0.25) is 14.4 Å². The number of hydrogen-bond donors (Lipinski definition) is 0. The molecule has 0 aliphatic heterocycles. The highest BCUT2D eigenvalue weighted by molar-refractivity contribution is 5.71. The molecule has 0 radical (unpaired) electrons. The van der Waals surface area contributed by atoms with Crippen molar-refractivity contribution in [1.29, 1.82) is 0 Å². The van der Waals surface area contributed by atoms with Gasteiger partial charge in [0, 0.05) is 19.3 Å². The molecule has 0 saturated carbocycles. The average molecular weight is 1090 g/mol. The SMILES string of the molecule is CC/C=C\C/C=C\C/C=C\C/C=C\C/C=C\C/C=C\C/C=C\C/C=C\CCCCCCCCCCC(=O)OCC(COC(=O)CC/C=C\C/C=C\C/C=C\C/C=C\CC)OC(=O)CCCCCCCCCCCCCCCCC. The van der Waals surface area contributed by atoms with Gasteiger partial charge in [0.25, 0.3) is 0 Å². The van der Waals surface area contributed by atoms with E-state index in [4.69, 9.17) is 14.2 Å². The van der Waals surface area contributed by atoms with Crippen LogP contribution in [-0.4, -0.2) is 37.2 Å². The Kier molecular flexibility index (Phi) is 61.9. The summed E-state index contributed by atoms with van der Waals surface area (Å²) in [4.78, 5) is 38.2. The van der Waals surface area contributed by atoms with Crippen molar-refractivity contribution < 1.29 is 28.6 Å². The smallest absolute Gasteiger partial charge is 0.306 e. The Bertz CT molecular complexity index is 1730. The van der Waals surface area contributed by atoms with Crippen LogP contribution in [0.25, 0.3) is 0 Å². The molecule has 6 heteroatoms. The molecular formula is C73H118O6. The lowest BCUT2D eigenvalue weighted by Crippen LogP contribution is -2.30. The minimum Gasteiger partial charge on any atom is -0.462 e. The summed E-state index contributed by atoms with van der Waals surface area (Å²) in [5.41, 5.74) is 0. The molecule has 0 aromatic heterocycles. The van der Waals surface area contributed by atoms with Gasteiger partial charge in [-0.1, -0.05) is 295 Å². The fourth-order valence-electron chi connectivity index (χ4n) is 8.59. The Morgan fingerprint density at radius 1 is 0.266 bits per heavy atom. The Balaban J connectivity index is 4.31. The molecule has 0 N–H and O–H groups in total. The average Bonchev–Trinajstić information content (AvgIpc) is 3.45. The molecule has 6 nitrogen and oxygen atoms in total. The quantitative estimate of drug-likeness (QED) is 0.0261. The van der Waals surface area contributed by atoms with E-state index < -0.39 is 6.10 Å². The number of rotatable bonds is 57. The molecule has 0 amide bonds. The van der Waals surface area contributed by atoms with Crippen LogP contribution < -0.4 is 0 Å². The van der Waals surface area contributed by atoms with Crippen LogP contribution >= 0.6 is 0 Å². The zero-order valence-corrected chi connectivity index (χ0v) is 51.1. The minimum absolute atomic E-state index is 0.107. The second kappa shape index (κ2) is 65.8. The Labute approximate surface area is 487 Å². The Morgan fingerprint density at radius 2 is 0.519 bits per heavy atom. The van der Waals surface area contributed by atoms with Crippen LogP contribution in [0, 0.1) is 0 Å². The van der Waals surface area contributed by atoms with Gasteiger partial charge in [0.1, 0.15) is 13.2 Å². The van der Waals surface area contributed by atoms with Crippen molar-refractivity contribution in [1.82, 2.24) is 0 Å². The van der Waals surface area contributed by atoms with Crippen LogP contribution in [0.5, 0.6) is 0 Å². The van der Waals surface area contributed by atoms with Gasteiger partial charge in [-0.15, -0.1) is 0 Å². The van der Waals surface area contributed by atoms with E-state index in [2.05, 4.69) is 161 Å². The number of carbonyl (C=O) groups excluding carboxylic acids is 3. The summed E-state index contributed by atoms with van der Waals surface area (Å²) in [5.74, 6) is -0.997. The molecule has 0 aromatic rings. The second-order valence-corrected chi connectivity index (χ2v) is 20.9. The number of allylic oxidation sites excluding steroid dienone is 24. The third kappa shape index (κ3) is 64.0. The number of unbranched alkanes of at least 4 members (excludes halogenated alkanes) is 22. The number of esters is 3. The lowest BCUT2D eigenvalue weighted by molar-refractivity contribution is -0.166. The van der Waals surface area contributed by atoms with Gasteiger partial charge in [-0.05, 0) is 109 Å². The van der Waals surface area contributed by atoms with Gasteiger partial charge in [0.05, 0.1) is 0 Å². The maximum absolute atomic E-state index is 12.9. The summed E-state index contributed by atoms with van der Waals surface area (Å²) in [5, 5.41) is 0. The van der Waals surface area contributed by atoms with Crippen molar-refractivity contribution in [3.8, 4) is 0 Å². The van der Waals surface area contributed by atoms with Crippen LogP contribution in [0.2, 0.25) is 0 Å². The molecule has 0 aliphatic carbocycles. The number of ether oxygens (including phenoxy) is 3. The zero-order valence-electron chi connectivity index (χ0n) is 51.1. The first-order chi connectivity index (χ1) is 39.0. The largest absolute Gasteiger partial charge is 0.462 e. The fraction of sp³-hybridized carbons (Fsp3) is 0.630. The van der Waals surface area contributed by atoms with Crippen LogP contribution in [-0.2, 0) is 28.6 Å². The van der Waals surface area contributed by atoms with Crippen LogP contribution in [0.3, 0.4) is 0 Å². The monoisotopic (exact) mass is 1090 g/mol. The first-order valence-electron chi connectivity index (χ1n) is 32.3. The summed E-state index contributed by atoms with van der Waals surface area (Å²) in [6, 6.07) is 0. The van der Waals surface area contributed by atoms with Crippen molar-refractivity contribution in [2.75, 3.05) is 13.2 Å². The maximum Gasteiger partial charge on any atom is 0.306 e. The van der Waals surface area contributed by atoms with E-state index in [-0.39, 0.29) is 37.5 Å². The zero-order chi connectivity index (χ0) is 57.1. The van der Waals surface area contributed by atoms with E-state index in [1.54, 1.807) is 0 Å². The first kappa shape index (κ1) is 74.3. The normalized spacial score (nSPS) is 13.1. The van der Waals surface area contributed by atoms with E-state index in [9.17, 15) is 14.4 Å². The highest BCUT2D eigenvalue weighted by Gasteiger charge is 2.19. The standard InChI is InChI=1S/C73H118O6/c1-4-7-10-13-16-19-22-25-27-28-29-30-31-32-33-34-35-36-37-38-39-40-41-42-43-44-46-48-51-54-57-60-63-66-72(75)78-69-70(68-77-71(74)65-62-59-56-53-50-47-24-21-18-15-12-9-6-3)79-73(76)67-64-61-58-55-52-49-45-26-23-20-17-14-11-8-5-2/h7,9-10,12,16,18-19,21,25,27,29-30,32-33,35-36,38-39,41-42,47,50,56,59,70H,4-6,8,11,13-15,17,20,22-24,26,28,31,34,37,40,43-46,48-49,51-55,57-58,60-69H2,1-3H3/b10-7-,12-9-,19-16-,21-18-,27-25-,30-29-,33-32-,36-35-,39-38-,42-41-,50-47-,59-56-. The third-order valence-electron chi connectivity index (χ3n) is 13.4. The van der Waals surface area contributed by atoms with Crippen LogP contribution in [0.1, 0.15) is 278 Å². The molecule has 0 fully saturated rings. The first-order valence-corrected chi connectivity index (χ1v) is 32.3. The number of hydrogen-bond acceptors (Lipinski definition) is 6. The summed E-state index contributed by atoms with van der Waals surface area (Å²) in [6.07, 6.45) is 94.5. The third-order valence-corrected chi connectivity index (χ3v) is 13.4. The van der Waals surface area contributed by atoms with E-state index >= 15 is 0 Å². The summed E-state index contributed by atoms with van der Waals surface area (Å²) >= 11 is 0. The summed E-state index contributed by atoms with van der Waals surface area (Å²) in [7, 11) is 0. The lowest BCUT2D eigenvalue weighted by Gasteiger charge is -2.18. The highest BCUT2D eigenvalue weighted by Crippen LogP contribution is 2.16. The maximum atomic E-state index is 12.9. The molecule has 1 unspecified atom stereocenters. The van der Waals surface area contributed by atoms with Gasteiger partial charge < -0.3 is 14.2 Å². The molecule has 0 aliphatic rings. The van der Waals surface area contributed by atoms with Gasteiger partial charge >= 0.3 is 17.9 Å². The Morgan fingerprint density at radius 3 is 0.848 bits per heavy atom. The van der Waals surface area contributed by atoms with Crippen molar-refractivity contribution in [2.24, 2.45) is 0 Å². The van der Waals surface area contributed by atoms with E-state index in [0.717, 1.165) is 122 Å². The van der Waals surface area contributed by atoms with Crippen LogP contribution in [0.15, 0.2) is 146 Å². The van der Waals surface area contributed by atoms with Crippen molar-refractivity contribution in [3.63, 3.8) is 0 Å². The summed E-state index contributed by atoms with van der Waals surface area (Å²) < 4.78 is 16.8. The molecular weight excluding hydrogens is 973 g/mol. The topological polar surface area (TPSA) is 78.9 Å². The van der Waals surface area contributed by atoms with Gasteiger partial charge in [0.15, 0.2) is 6.10 Å². The Hall–Kier alpha value is -4.71. The summed E-state index contributed by atoms with van der Waals surface area (Å²) in [6.45, 7) is 6.35. The van der Waals surface area contributed by atoms with Crippen molar-refractivity contribution >= 4 is 17.9 Å². The predicted octanol–water partition coefficient (Wildman–Crippen LogP) is 22.3. The lowest BCUT2D eigenvalue weighted by atomic mass is 10.0. The van der Waals surface area contributed by atoms with Gasteiger partial charge in [0.2, 0.25) is 0 Å². The second-order valence-electron chi connectivity index (χ2n) is 20.9. The molecule has 1 atom stereocenters.